The van der Waals surface area contributed by atoms with Crippen LogP contribution >= 0.6 is 11.8 Å². The number of aryl methyl sites for hydroxylation is 2. The molecule has 0 bridgehead atoms. The third-order valence-corrected chi connectivity index (χ3v) is 4.62. The van der Waals surface area contributed by atoms with Crippen LogP contribution in [-0.4, -0.2) is 16.6 Å². The Labute approximate surface area is 122 Å². The van der Waals surface area contributed by atoms with Gasteiger partial charge in [0.1, 0.15) is 5.75 Å². The van der Waals surface area contributed by atoms with Gasteiger partial charge in [-0.05, 0) is 66.8 Å². The molecule has 1 aliphatic carbocycles. The highest BCUT2D eigenvalue weighted by Crippen LogP contribution is 2.28. The molecule has 0 spiro atoms. The van der Waals surface area contributed by atoms with Gasteiger partial charge in [0.25, 0.3) is 0 Å². The Morgan fingerprint density at radius 3 is 2.60 bits per heavy atom. The van der Waals surface area contributed by atoms with E-state index in [1.54, 1.807) is 36.0 Å². The molecule has 0 aliphatic heterocycles. The highest BCUT2D eigenvalue weighted by Gasteiger charge is 2.12. The maximum Gasteiger partial charge on any atom is 0.173 e. The number of hydrogen-bond donors (Lipinski definition) is 1. The van der Waals surface area contributed by atoms with Crippen LogP contribution in [-0.2, 0) is 12.8 Å². The molecule has 0 aromatic heterocycles. The van der Waals surface area contributed by atoms with Crippen molar-refractivity contribution in [3.8, 4) is 5.75 Å². The van der Waals surface area contributed by atoms with Crippen molar-refractivity contribution in [3.05, 3.63) is 59.2 Å². The number of rotatable bonds is 4. The van der Waals surface area contributed by atoms with E-state index in [0.717, 1.165) is 11.3 Å². The van der Waals surface area contributed by atoms with Gasteiger partial charge in [-0.1, -0.05) is 6.07 Å². The van der Waals surface area contributed by atoms with E-state index in [-0.39, 0.29) is 11.5 Å². The van der Waals surface area contributed by atoms with Crippen molar-refractivity contribution in [3.63, 3.8) is 0 Å². The molecule has 3 heteroatoms. The smallest absolute Gasteiger partial charge is 0.173 e. The largest absolute Gasteiger partial charge is 0.508 e. The lowest BCUT2D eigenvalue weighted by Crippen LogP contribution is -2.01. The zero-order chi connectivity index (χ0) is 13.9. The molecule has 0 amide bonds. The maximum atomic E-state index is 12.1. The van der Waals surface area contributed by atoms with Crippen LogP contribution in [0.1, 0.15) is 27.9 Å². The predicted molar refractivity (Wildman–Crippen MR) is 81.6 cm³/mol. The lowest BCUT2D eigenvalue weighted by Gasteiger charge is -2.05. The average molecular weight is 284 g/mol. The Morgan fingerprint density at radius 2 is 1.80 bits per heavy atom. The fourth-order valence-corrected chi connectivity index (χ4v) is 3.37. The molecule has 2 nitrogen and oxygen atoms in total. The second kappa shape index (κ2) is 5.71. The molecule has 2 aromatic carbocycles. The second-order valence-electron chi connectivity index (χ2n) is 5.04. The van der Waals surface area contributed by atoms with Crippen LogP contribution in [0.4, 0.5) is 0 Å². The number of phenols is 1. The first kappa shape index (κ1) is 13.3. The highest BCUT2D eigenvalue weighted by atomic mass is 32.2. The number of aromatic hydroxyl groups is 1. The molecule has 0 atom stereocenters. The van der Waals surface area contributed by atoms with E-state index in [4.69, 9.17) is 0 Å². The minimum absolute atomic E-state index is 0.0931. The van der Waals surface area contributed by atoms with E-state index >= 15 is 0 Å². The lowest BCUT2D eigenvalue weighted by atomic mass is 10.1. The Hall–Kier alpha value is -1.74. The summed E-state index contributed by atoms with van der Waals surface area (Å²) in [6, 6.07) is 13.0. The van der Waals surface area contributed by atoms with Gasteiger partial charge in [0, 0.05) is 10.5 Å². The van der Waals surface area contributed by atoms with Gasteiger partial charge in [-0.2, -0.15) is 0 Å². The van der Waals surface area contributed by atoms with Gasteiger partial charge >= 0.3 is 0 Å². The Bertz CT molecular complexity index is 632. The van der Waals surface area contributed by atoms with E-state index in [0.29, 0.717) is 11.3 Å². The predicted octanol–water partition coefficient (Wildman–Crippen LogP) is 3.86. The summed E-state index contributed by atoms with van der Waals surface area (Å²) in [6.45, 7) is 0. The molecule has 102 valence electrons. The number of benzene rings is 2. The van der Waals surface area contributed by atoms with Crippen LogP contribution in [0, 0.1) is 0 Å². The SMILES string of the molecule is O=C(CSc1ccc2c(c1)CCC2)c1ccc(O)cc1. The zero-order valence-corrected chi connectivity index (χ0v) is 12.0. The molecule has 3 rings (SSSR count). The second-order valence-corrected chi connectivity index (χ2v) is 6.09. The van der Waals surface area contributed by atoms with Crippen molar-refractivity contribution >= 4 is 17.5 Å². The first-order valence-corrected chi connectivity index (χ1v) is 7.78. The molecular weight excluding hydrogens is 268 g/mol. The quantitative estimate of drug-likeness (QED) is 0.684. The van der Waals surface area contributed by atoms with Crippen molar-refractivity contribution in [2.45, 2.75) is 24.2 Å². The van der Waals surface area contributed by atoms with Crippen molar-refractivity contribution in [2.75, 3.05) is 5.75 Å². The van der Waals surface area contributed by atoms with E-state index in [1.165, 1.54) is 24.0 Å². The first-order chi connectivity index (χ1) is 9.72. The average Bonchev–Trinajstić information content (AvgIpc) is 2.93. The summed E-state index contributed by atoms with van der Waals surface area (Å²) in [5.41, 5.74) is 3.54. The monoisotopic (exact) mass is 284 g/mol. The minimum Gasteiger partial charge on any atom is -0.508 e. The number of phenolic OH excluding ortho intramolecular Hbond substituents is 1. The molecule has 0 unspecified atom stereocenters. The summed E-state index contributed by atoms with van der Waals surface area (Å²) in [5, 5.41) is 9.22. The van der Waals surface area contributed by atoms with Gasteiger partial charge in [0.15, 0.2) is 5.78 Å². The van der Waals surface area contributed by atoms with E-state index in [1.807, 2.05) is 0 Å². The van der Waals surface area contributed by atoms with Gasteiger partial charge in [-0.15, -0.1) is 11.8 Å². The van der Waals surface area contributed by atoms with Crippen LogP contribution in [0.25, 0.3) is 0 Å². The number of carbonyl (C=O) groups excluding carboxylic acids is 1. The fourth-order valence-electron chi connectivity index (χ4n) is 2.52. The van der Waals surface area contributed by atoms with Crippen molar-refractivity contribution in [1.29, 1.82) is 0 Å². The number of thioether (sulfide) groups is 1. The first-order valence-electron chi connectivity index (χ1n) is 6.79. The standard InChI is InChI=1S/C17H16O2S/c18-15-7-4-13(5-8-15)17(19)11-20-16-9-6-12-2-1-3-14(12)10-16/h4-10,18H,1-3,11H2. The van der Waals surface area contributed by atoms with Crippen LogP contribution in [0.2, 0.25) is 0 Å². The molecule has 0 radical (unpaired) electrons. The maximum absolute atomic E-state index is 12.1. The van der Waals surface area contributed by atoms with Crippen molar-refractivity contribution in [1.82, 2.24) is 0 Å². The van der Waals surface area contributed by atoms with Crippen LogP contribution in [0.3, 0.4) is 0 Å². The summed E-state index contributed by atoms with van der Waals surface area (Å²) < 4.78 is 0. The molecule has 1 N–H and O–H groups in total. The fraction of sp³-hybridized carbons (Fsp3) is 0.235. The van der Waals surface area contributed by atoms with Crippen LogP contribution < -0.4 is 0 Å². The Balaban J connectivity index is 1.64. The van der Waals surface area contributed by atoms with Gasteiger partial charge in [0.2, 0.25) is 0 Å². The van der Waals surface area contributed by atoms with Crippen LogP contribution in [0.15, 0.2) is 47.4 Å². The zero-order valence-electron chi connectivity index (χ0n) is 11.1. The summed E-state index contributed by atoms with van der Waals surface area (Å²) in [4.78, 5) is 13.2. The van der Waals surface area contributed by atoms with Crippen molar-refractivity contribution in [2.24, 2.45) is 0 Å². The van der Waals surface area contributed by atoms with E-state index in [9.17, 15) is 9.90 Å². The molecule has 20 heavy (non-hydrogen) atoms. The van der Waals surface area contributed by atoms with Crippen molar-refractivity contribution < 1.29 is 9.90 Å². The molecule has 0 heterocycles. The topological polar surface area (TPSA) is 37.3 Å². The third kappa shape index (κ3) is 2.88. The molecule has 0 fully saturated rings. The van der Waals surface area contributed by atoms with Gasteiger partial charge in [-0.3, -0.25) is 4.79 Å². The Kier molecular flexibility index (Phi) is 3.79. The van der Waals surface area contributed by atoms with E-state index in [2.05, 4.69) is 18.2 Å². The summed E-state index contributed by atoms with van der Waals surface area (Å²) >= 11 is 1.58. The van der Waals surface area contributed by atoms with Crippen LogP contribution in [0.5, 0.6) is 5.75 Å². The normalized spacial score (nSPS) is 13.2. The molecule has 1 aliphatic rings. The summed E-state index contributed by atoms with van der Waals surface area (Å²) in [7, 11) is 0. The molecular formula is C17H16O2S. The summed E-state index contributed by atoms with van der Waals surface area (Å²) in [5.74, 6) is 0.715. The number of carbonyl (C=O) groups is 1. The minimum atomic E-state index is 0.0931. The number of ketones is 1. The van der Waals surface area contributed by atoms with Gasteiger partial charge in [-0.25, -0.2) is 0 Å². The van der Waals surface area contributed by atoms with Gasteiger partial charge in [0.05, 0.1) is 5.75 Å². The number of Topliss-reactive ketones (excluding diaryl/α,β-unsaturated/α-hetero) is 1. The Morgan fingerprint density at radius 1 is 1.05 bits per heavy atom. The van der Waals surface area contributed by atoms with E-state index < -0.39 is 0 Å². The lowest BCUT2D eigenvalue weighted by molar-refractivity contribution is 0.102. The number of hydrogen-bond acceptors (Lipinski definition) is 3. The highest BCUT2D eigenvalue weighted by molar-refractivity contribution is 8.00. The third-order valence-electron chi connectivity index (χ3n) is 3.63. The molecule has 0 saturated carbocycles. The van der Waals surface area contributed by atoms with Gasteiger partial charge < -0.3 is 5.11 Å². The molecule has 2 aromatic rings. The number of fused-ring (bicyclic) bond motifs is 1. The molecule has 0 saturated heterocycles. The summed E-state index contributed by atoms with van der Waals surface area (Å²) in [6.07, 6.45) is 3.60.